The van der Waals surface area contributed by atoms with E-state index in [9.17, 15) is 9.59 Å². The van der Waals surface area contributed by atoms with Crippen LogP contribution in [0.15, 0.2) is 24.3 Å². The zero-order valence-electron chi connectivity index (χ0n) is 15.9. The van der Waals surface area contributed by atoms with Gasteiger partial charge in [-0.15, -0.1) is 11.3 Å². The second-order valence-corrected chi connectivity index (χ2v) is 9.10. The summed E-state index contributed by atoms with van der Waals surface area (Å²) in [5, 5.41) is 1.18. The molecule has 146 valence electrons. The lowest BCUT2D eigenvalue weighted by Gasteiger charge is -2.36. The van der Waals surface area contributed by atoms with Crippen LogP contribution in [0.3, 0.4) is 0 Å². The van der Waals surface area contributed by atoms with Crippen molar-refractivity contribution in [2.45, 2.75) is 46.1 Å². The molecule has 0 N–H and O–H groups in total. The lowest BCUT2D eigenvalue weighted by atomic mass is 9.75. The third-order valence-corrected chi connectivity index (χ3v) is 6.94. The Morgan fingerprint density at radius 2 is 2.00 bits per heavy atom. The molecule has 1 fully saturated rings. The van der Waals surface area contributed by atoms with E-state index < -0.39 is 11.9 Å². The van der Waals surface area contributed by atoms with E-state index in [-0.39, 0.29) is 12.7 Å². The Balaban J connectivity index is 1.59. The monoisotopic (exact) mass is 408 g/mol. The number of benzene rings is 1. The lowest BCUT2D eigenvalue weighted by molar-refractivity contribution is -0.159. The van der Waals surface area contributed by atoms with E-state index in [0.717, 1.165) is 29.3 Å². The van der Waals surface area contributed by atoms with E-state index in [4.69, 9.17) is 21.1 Å². The fraction of sp³-hybridized carbons (Fsp3) is 0.524. The summed E-state index contributed by atoms with van der Waals surface area (Å²) in [4.78, 5) is 24.9. The van der Waals surface area contributed by atoms with Crippen LogP contribution < -0.4 is 0 Å². The first-order chi connectivity index (χ1) is 12.9. The summed E-state index contributed by atoms with van der Waals surface area (Å²) in [5.41, 5.74) is 0. The van der Waals surface area contributed by atoms with E-state index in [1.54, 1.807) is 0 Å². The van der Waals surface area contributed by atoms with Gasteiger partial charge in [-0.05, 0) is 36.7 Å². The lowest BCUT2D eigenvalue weighted by Crippen LogP contribution is -2.36. The highest BCUT2D eigenvalue weighted by atomic mass is 35.5. The molecule has 3 unspecified atom stereocenters. The molecule has 3 atom stereocenters. The summed E-state index contributed by atoms with van der Waals surface area (Å²) < 4.78 is 11.8. The second kappa shape index (κ2) is 8.61. The van der Waals surface area contributed by atoms with Gasteiger partial charge < -0.3 is 9.47 Å². The maximum Gasteiger partial charge on any atom is 0.350 e. The molecule has 4 nitrogen and oxygen atoms in total. The van der Waals surface area contributed by atoms with Gasteiger partial charge in [0.2, 0.25) is 0 Å². The summed E-state index contributed by atoms with van der Waals surface area (Å²) in [7, 11) is 0. The zero-order valence-corrected chi connectivity index (χ0v) is 17.4. The Morgan fingerprint density at radius 3 is 2.70 bits per heavy atom. The number of carbonyl (C=O) groups is 2. The average molecular weight is 409 g/mol. The first-order valence-corrected chi connectivity index (χ1v) is 10.6. The molecular formula is C21H25ClO4S. The largest absolute Gasteiger partial charge is 0.460 e. The van der Waals surface area contributed by atoms with Crippen molar-refractivity contribution >= 4 is 45.0 Å². The molecule has 27 heavy (non-hydrogen) atoms. The highest BCUT2D eigenvalue weighted by Gasteiger charge is 2.33. The predicted octanol–water partition coefficient (Wildman–Crippen LogP) is 5.72. The number of carbonyl (C=O) groups excluding carboxylic acids is 2. The van der Waals surface area contributed by atoms with Crippen LogP contribution in [0.25, 0.3) is 10.1 Å². The van der Waals surface area contributed by atoms with Crippen LogP contribution in [0.5, 0.6) is 0 Å². The molecule has 0 radical (unpaired) electrons. The molecular weight excluding hydrogens is 384 g/mol. The van der Waals surface area contributed by atoms with Crippen molar-refractivity contribution in [3.63, 3.8) is 0 Å². The fourth-order valence-electron chi connectivity index (χ4n) is 3.79. The first kappa shape index (κ1) is 20.2. The smallest absolute Gasteiger partial charge is 0.350 e. The minimum absolute atomic E-state index is 0.104. The molecule has 1 aromatic heterocycles. The summed E-state index contributed by atoms with van der Waals surface area (Å²) in [6.45, 7) is 6.11. The van der Waals surface area contributed by atoms with Crippen molar-refractivity contribution in [1.82, 2.24) is 0 Å². The molecule has 1 aliphatic carbocycles. The van der Waals surface area contributed by atoms with Gasteiger partial charge >= 0.3 is 11.9 Å². The molecule has 0 aliphatic heterocycles. The van der Waals surface area contributed by atoms with Gasteiger partial charge in [-0.3, -0.25) is 0 Å². The van der Waals surface area contributed by atoms with E-state index in [1.165, 1.54) is 11.3 Å². The SMILES string of the molecule is CC1CCC(C(C)C)C(OC(=O)COC(=O)c2sc3ccccc3c2Cl)C1. The summed E-state index contributed by atoms with van der Waals surface area (Å²) in [5.74, 6) is 0.270. The average Bonchev–Trinajstić information content (AvgIpc) is 2.97. The van der Waals surface area contributed by atoms with Crippen LogP contribution in [0.4, 0.5) is 0 Å². The van der Waals surface area contributed by atoms with Crippen LogP contribution in [0.1, 0.15) is 49.7 Å². The van der Waals surface area contributed by atoms with Crippen LogP contribution in [-0.4, -0.2) is 24.6 Å². The van der Waals surface area contributed by atoms with Gasteiger partial charge in [-0.25, -0.2) is 9.59 Å². The van der Waals surface area contributed by atoms with Crippen LogP contribution >= 0.6 is 22.9 Å². The van der Waals surface area contributed by atoms with Gasteiger partial charge in [0.1, 0.15) is 11.0 Å². The normalized spacial score (nSPS) is 22.8. The molecule has 0 bridgehead atoms. The number of halogens is 1. The number of thiophene rings is 1. The van der Waals surface area contributed by atoms with E-state index in [0.29, 0.717) is 27.7 Å². The Morgan fingerprint density at radius 1 is 1.26 bits per heavy atom. The molecule has 0 spiro atoms. The van der Waals surface area contributed by atoms with Gasteiger partial charge in [-0.2, -0.15) is 0 Å². The van der Waals surface area contributed by atoms with Crippen LogP contribution in [0.2, 0.25) is 5.02 Å². The highest BCUT2D eigenvalue weighted by molar-refractivity contribution is 7.21. The van der Waals surface area contributed by atoms with Gasteiger partial charge in [0.15, 0.2) is 6.61 Å². The molecule has 1 aromatic carbocycles. The van der Waals surface area contributed by atoms with Crippen molar-refractivity contribution in [1.29, 1.82) is 0 Å². The third-order valence-electron chi connectivity index (χ3n) is 5.29. The molecule has 0 saturated heterocycles. The summed E-state index contributed by atoms with van der Waals surface area (Å²) in [6.07, 6.45) is 2.99. The molecule has 1 aliphatic rings. The number of hydrogen-bond donors (Lipinski definition) is 0. The Bertz CT molecular complexity index is 829. The molecule has 3 rings (SSSR count). The van der Waals surface area contributed by atoms with Gasteiger partial charge in [0.05, 0.1) is 5.02 Å². The first-order valence-electron chi connectivity index (χ1n) is 9.40. The Hall–Kier alpha value is -1.59. The van der Waals surface area contributed by atoms with Crippen molar-refractivity contribution < 1.29 is 19.1 Å². The predicted molar refractivity (Wildman–Crippen MR) is 108 cm³/mol. The molecule has 2 aromatic rings. The van der Waals surface area contributed by atoms with E-state index >= 15 is 0 Å². The minimum Gasteiger partial charge on any atom is -0.460 e. The standard InChI is InChI=1S/C21H25ClO4S/c1-12(2)14-9-8-13(3)10-16(14)26-18(23)11-25-21(24)20-19(22)15-6-4-5-7-17(15)27-20/h4-7,12-14,16H,8-11H2,1-3H3. The van der Waals surface area contributed by atoms with Gasteiger partial charge in [0.25, 0.3) is 0 Å². The molecule has 0 amide bonds. The van der Waals surface area contributed by atoms with Crippen molar-refractivity contribution in [2.75, 3.05) is 6.61 Å². The third kappa shape index (κ3) is 4.64. The number of ether oxygens (including phenoxy) is 2. The number of fused-ring (bicyclic) bond motifs is 1. The van der Waals surface area contributed by atoms with Crippen LogP contribution in [0, 0.1) is 17.8 Å². The van der Waals surface area contributed by atoms with Crippen molar-refractivity contribution in [3.8, 4) is 0 Å². The fourth-order valence-corrected chi connectivity index (χ4v) is 5.19. The quantitative estimate of drug-likeness (QED) is 0.594. The number of rotatable bonds is 5. The Labute approximate surface area is 168 Å². The Kier molecular flexibility index (Phi) is 6.43. The van der Waals surface area contributed by atoms with E-state index in [2.05, 4.69) is 20.8 Å². The number of hydrogen-bond acceptors (Lipinski definition) is 5. The van der Waals surface area contributed by atoms with Crippen molar-refractivity contribution in [3.05, 3.63) is 34.2 Å². The second-order valence-electron chi connectivity index (χ2n) is 7.67. The molecule has 1 saturated carbocycles. The zero-order chi connectivity index (χ0) is 19.6. The molecule has 6 heteroatoms. The van der Waals surface area contributed by atoms with Crippen LogP contribution in [-0.2, 0) is 14.3 Å². The molecule has 1 heterocycles. The number of esters is 2. The maximum absolute atomic E-state index is 12.4. The summed E-state index contributed by atoms with van der Waals surface area (Å²) >= 11 is 7.55. The van der Waals surface area contributed by atoms with Crippen molar-refractivity contribution in [2.24, 2.45) is 17.8 Å². The van der Waals surface area contributed by atoms with Gasteiger partial charge in [0, 0.05) is 10.1 Å². The highest BCUT2D eigenvalue weighted by Crippen LogP contribution is 2.36. The topological polar surface area (TPSA) is 52.6 Å². The summed E-state index contributed by atoms with van der Waals surface area (Å²) in [6, 6.07) is 7.50. The van der Waals surface area contributed by atoms with E-state index in [1.807, 2.05) is 24.3 Å². The minimum atomic E-state index is -0.587. The maximum atomic E-state index is 12.4. The van der Waals surface area contributed by atoms with Gasteiger partial charge in [-0.1, -0.05) is 57.0 Å².